The van der Waals surface area contributed by atoms with Crippen LogP contribution in [0.1, 0.15) is 33.4 Å². The Hall–Kier alpha value is -14.1. The number of anilines is 17. The van der Waals surface area contributed by atoms with E-state index in [0.29, 0.717) is 0 Å². The molecule has 17 aromatic rings. The molecule has 12 heteroatoms. The summed E-state index contributed by atoms with van der Waals surface area (Å²) in [5.41, 5.74) is 39.1. The molecule has 0 saturated carbocycles. The van der Waals surface area contributed by atoms with Crippen molar-refractivity contribution in [3.05, 3.63) is 367 Å². The number of benzene rings is 16. The van der Waals surface area contributed by atoms with E-state index < -0.39 is 0 Å². The molecule has 6 aliphatic rings. The van der Waals surface area contributed by atoms with E-state index in [4.69, 9.17) is 9.47 Å². The molecular weight excluding hydrogens is 1390 g/mol. The Morgan fingerprint density at radius 3 is 1.17 bits per heavy atom. The van der Waals surface area contributed by atoms with Gasteiger partial charge < -0.3 is 43.9 Å². The van der Waals surface area contributed by atoms with E-state index in [1.54, 1.807) is 0 Å². The number of nitrogens with one attached hydrogen (secondary N) is 1. The molecule has 0 radical (unpaired) electrons. The Balaban J connectivity index is 0.825. The van der Waals surface area contributed by atoms with Crippen LogP contribution in [0.2, 0.25) is 0 Å². The molecule has 0 bridgehead atoms. The molecule has 0 saturated heterocycles. The average Bonchev–Trinajstić information content (AvgIpc) is 1.24. The Kier molecular flexibility index (Phi) is 14.6. The summed E-state index contributed by atoms with van der Waals surface area (Å²) in [6.45, 7) is 12.8. The van der Waals surface area contributed by atoms with Crippen LogP contribution in [-0.2, 0) is 0 Å². The van der Waals surface area contributed by atoms with Crippen LogP contribution in [0.4, 0.5) is 96.7 Å². The second-order valence-corrected chi connectivity index (χ2v) is 31.6. The third kappa shape index (κ3) is 9.83. The highest BCUT2D eigenvalue weighted by atomic mass is 16.5. The molecule has 1 N–H and O–H groups in total. The third-order valence-electron chi connectivity index (χ3n) is 24.6. The number of hydrogen-bond donors (Lipinski definition) is 1. The van der Waals surface area contributed by atoms with Crippen molar-refractivity contribution in [3.63, 3.8) is 0 Å². The van der Waals surface area contributed by atoms with E-state index in [2.05, 4.69) is 410 Å². The zero-order chi connectivity index (χ0) is 75.9. The van der Waals surface area contributed by atoms with Crippen molar-refractivity contribution >= 4 is 188 Å². The summed E-state index contributed by atoms with van der Waals surface area (Å²) in [4.78, 5) is 12.3. The van der Waals surface area contributed by atoms with Crippen molar-refractivity contribution in [3.8, 4) is 28.7 Å². The maximum Gasteiger partial charge on any atom is 0.256 e. The Morgan fingerprint density at radius 1 is 0.263 bits per heavy atom. The van der Waals surface area contributed by atoms with Gasteiger partial charge in [-0.1, -0.05) is 211 Å². The molecule has 16 aromatic carbocycles. The molecule has 0 aliphatic carbocycles. The van der Waals surface area contributed by atoms with Gasteiger partial charge in [0, 0.05) is 108 Å². The molecule has 7 heterocycles. The topological polar surface area (TPSA) is 51.6 Å². The van der Waals surface area contributed by atoms with Crippen LogP contribution >= 0.6 is 0 Å². The van der Waals surface area contributed by atoms with Gasteiger partial charge in [-0.3, -0.25) is 0 Å². The lowest BCUT2D eigenvalue weighted by Gasteiger charge is -2.45. The lowest BCUT2D eigenvalue weighted by Crippen LogP contribution is -2.65. The van der Waals surface area contributed by atoms with Crippen molar-refractivity contribution in [2.45, 2.75) is 41.5 Å². The van der Waals surface area contributed by atoms with Crippen molar-refractivity contribution < 1.29 is 9.47 Å². The van der Waals surface area contributed by atoms with E-state index in [1.807, 2.05) is 0 Å². The predicted molar refractivity (Wildman–Crippen MR) is 479 cm³/mol. The maximum atomic E-state index is 8.13. The number of para-hydroxylation sites is 9. The molecule has 23 rings (SSSR count). The van der Waals surface area contributed by atoms with Crippen LogP contribution in [0.5, 0.6) is 23.0 Å². The summed E-state index contributed by atoms with van der Waals surface area (Å²) in [7, 11) is 0. The van der Waals surface area contributed by atoms with Gasteiger partial charge in [-0.05, 0) is 228 Å². The highest BCUT2D eigenvalue weighted by molar-refractivity contribution is 7.04. The minimum atomic E-state index is -0.359. The summed E-state index contributed by atoms with van der Waals surface area (Å²) in [5.74, 6) is 3.26. The monoisotopic (exact) mass is 1460 g/mol. The number of aromatic nitrogens is 1. The first-order valence-electron chi connectivity index (χ1n) is 39.6. The Labute approximate surface area is 664 Å². The first kappa shape index (κ1) is 65.8. The zero-order valence-electron chi connectivity index (χ0n) is 64.0. The lowest BCUT2D eigenvalue weighted by atomic mass is 9.29. The summed E-state index contributed by atoms with van der Waals surface area (Å²) in [6, 6.07) is 123. The van der Waals surface area contributed by atoms with Gasteiger partial charge in [-0.15, -0.1) is 0 Å². The van der Waals surface area contributed by atoms with Gasteiger partial charge in [-0.25, -0.2) is 0 Å². The highest BCUT2D eigenvalue weighted by Crippen LogP contribution is 2.53. The van der Waals surface area contributed by atoms with Gasteiger partial charge in [0.2, 0.25) is 0 Å². The van der Waals surface area contributed by atoms with E-state index in [1.165, 1.54) is 82.5 Å². The number of rotatable bonds is 11. The standard InChI is InChI=1S/C102H74B3N7O2/c1-62-48-64(3)100(65(4)49-62)111-88-60-85-81(104-80-45-29-43-78-77-42-25-27-46-87(77)110(102(78)80)90-53-74(52-86(106-85)97(90)104)107(68-30-13-7-14-31-68)69-32-15-8-16-33-69)58-82(88)105-84-59-83-89(61-94(84)114-96-57-76(55-92(111)99(96)105)109(72-38-21-11-22-39-72)73-40-23-12-24-41-73)112(101-66(5)50-63(2)51-67(101)6)91-54-75(56-95-98(91)103(83)79-44-26-28-47-93(79)113-95)108(70-34-17-9-18-35-70)71-36-19-10-20-37-71/h7-61,106H,1-6H3. The number of ether oxygens (including phenoxy) is 2. The zero-order valence-corrected chi connectivity index (χ0v) is 64.0. The maximum absolute atomic E-state index is 8.13. The highest BCUT2D eigenvalue weighted by Gasteiger charge is 2.50. The molecule has 0 amide bonds. The van der Waals surface area contributed by atoms with Gasteiger partial charge in [0.1, 0.15) is 23.0 Å². The molecule has 0 spiro atoms. The van der Waals surface area contributed by atoms with Crippen LogP contribution < -0.4 is 88.5 Å². The SMILES string of the molecule is Cc1cc(C)c(N2c3cc4c(cc3B3c5cc6c(cc5Oc5cc(N(c7ccccc7)c7ccccc7)cc2c53)N(c2c(C)cc(C)cc2C)c2cc(N(c3ccccc3)c3ccccc3)cc3c2B6c2ccccc2O3)B2c3c(cc(N(c5ccccc5)c5ccccc5)cc3-n3c5ccccc5c5cccc2c53)N4)c(C)c1. The van der Waals surface area contributed by atoms with Gasteiger partial charge >= 0.3 is 0 Å². The summed E-state index contributed by atoms with van der Waals surface area (Å²) in [6.07, 6.45) is 0. The van der Waals surface area contributed by atoms with Crippen LogP contribution in [0, 0.1) is 41.5 Å². The normalized spacial score (nSPS) is 13.1. The number of aryl methyl sites for hydroxylation is 6. The minimum absolute atomic E-state index is 0.187. The molecule has 538 valence electrons. The van der Waals surface area contributed by atoms with Crippen LogP contribution in [0.3, 0.4) is 0 Å². The smallest absolute Gasteiger partial charge is 0.256 e. The van der Waals surface area contributed by atoms with Crippen molar-refractivity contribution in [2.75, 3.05) is 29.8 Å². The lowest BCUT2D eigenvalue weighted by molar-refractivity contribution is 0.487. The molecule has 114 heavy (non-hydrogen) atoms. The third-order valence-corrected chi connectivity index (χ3v) is 24.6. The fraction of sp³-hybridized carbons (Fsp3) is 0.0588. The molecular formula is C102H74B3N7O2. The summed E-state index contributed by atoms with van der Waals surface area (Å²) < 4.78 is 18.1. The average molecular weight is 1460 g/mol. The quantitative estimate of drug-likeness (QED) is 0.129. The Morgan fingerprint density at radius 2 is 0.658 bits per heavy atom. The fourth-order valence-electron chi connectivity index (χ4n) is 20.4. The Bertz CT molecular complexity index is 6740. The molecule has 6 aliphatic heterocycles. The van der Waals surface area contributed by atoms with Crippen LogP contribution in [0.15, 0.2) is 334 Å². The van der Waals surface area contributed by atoms with Crippen molar-refractivity contribution in [1.82, 2.24) is 4.57 Å². The molecule has 0 atom stereocenters. The second-order valence-electron chi connectivity index (χ2n) is 31.6. The number of fused-ring (bicyclic) bond motifs is 15. The number of hydrogen-bond acceptors (Lipinski definition) is 8. The van der Waals surface area contributed by atoms with Crippen LogP contribution in [-0.4, -0.2) is 24.7 Å². The van der Waals surface area contributed by atoms with Crippen LogP contribution in [0.25, 0.3) is 27.5 Å². The predicted octanol–water partition coefficient (Wildman–Crippen LogP) is 20.7. The van der Waals surface area contributed by atoms with E-state index in [-0.39, 0.29) is 20.1 Å². The number of nitrogens with zero attached hydrogens (tertiary/aromatic N) is 6. The fourth-order valence-corrected chi connectivity index (χ4v) is 20.4. The largest absolute Gasteiger partial charge is 0.458 e. The minimum Gasteiger partial charge on any atom is -0.458 e. The first-order valence-corrected chi connectivity index (χ1v) is 39.6. The summed E-state index contributed by atoms with van der Waals surface area (Å²) >= 11 is 0. The van der Waals surface area contributed by atoms with E-state index >= 15 is 0 Å². The first-order chi connectivity index (χ1) is 56.0. The van der Waals surface area contributed by atoms with Gasteiger partial charge in [0.05, 0.1) is 34.0 Å². The van der Waals surface area contributed by atoms with Gasteiger partial charge in [-0.2, -0.15) is 0 Å². The van der Waals surface area contributed by atoms with Crippen molar-refractivity contribution in [2.24, 2.45) is 0 Å². The molecule has 9 nitrogen and oxygen atoms in total. The van der Waals surface area contributed by atoms with E-state index in [0.717, 1.165) is 147 Å². The van der Waals surface area contributed by atoms with Crippen molar-refractivity contribution in [1.29, 1.82) is 0 Å². The van der Waals surface area contributed by atoms with Gasteiger partial charge in [0.25, 0.3) is 20.1 Å². The molecule has 0 unspecified atom stereocenters. The summed E-state index contributed by atoms with van der Waals surface area (Å²) in [5, 5.41) is 6.81. The molecule has 0 fully saturated rings. The van der Waals surface area contributed by atoms with Gasteiger partial charge in [0.15, 0.2) is 0 Å². The molecule has 1 aromatic heterocycles. The second kappa shape index (κ2) is 25.2. The van der Waals surface area contributed by atoms with E-state index in [9.17, 15) is 0 Å².